The normalized spacial score (nSPS) is 17.6. The Bertz CT molecular complexity index is 795. The maximum Gasteiger partial charge on any atom is 0.243 e. The van der Waals surface area contributed by atoms with Crippen LogP contribution >= 0.6 is 0 Å². The third-order valence-corrected chi connectivity index (χ3v) is 6.32. The molecule has 1 amide bonds. The molecule has 0 saturated carbocycles. The van der Waals surface area contributed by atoms with Crippen molar-refractivity contribution in [2.75, 3.05) is 24.7 Å². The van der Waals surface area contributed by atoms with Gasteiger partial charge in [0.05, 0.1) is 11.2 Å². The van der Waals surface area contributed by atoms with Crippen LogP contribution in [0.4, 0.5) is 5.69 Å². The third kappa shape index (κ3) is 5.00. The fourth-order valence-electron chi connectivity index (χ4n) is 2.58. The maximum atomic E-state index is 12.6. The molecule has 8 nitrogen and oxygen atoms in total. The van der Waals surface area contributed by atoms with Crippen molar-refractivity contribution in [3.05, 3.63) is 24.3 Å². The molecule has 134 valence electrons. The van der Waals surface area contributed by atoms with Crippen molar-refractivity contribution in [1.82, 2.24) is 9.03 Å². The van der Waals surface area contributed by atoms with Gasteiger partial charge in [0.25, 0.3) is 0 Å². The van der Waals surface area contributed by atoms with Crippen LogP contribution in [0, 0.1) is 0 Å². The molecule has 1 heterocycles. The fraction of sp³-hybridized carbons (Fsp3) is 0.500. The summed E-state index contributed by atoms with van der Waals surface area (Å²) in [5.74, 6) is -0.231. The molecule has 1 saturated heterocycles. The smallest absolute Gasteiger partial charge is 0.243 e. The Hall–Kier alpha value is -1.49. The van der Waals surface area contributed by atoms with E-state index in [0.717, 1.165) is 6.26 Å². The molecule has 24 heavy (non-hydrogen) atoms. The molecule has 0 aliphatic carbocycles. The lowest BCUT2D eigenvalue weighted by atomic mass is 10.1. The van der Waals surface area contributed by atoms with Gasteiger partial charge in [0.2, 0.25) is 26.0 Å². The van der Waals surface area contributed by atoms with Crippen LogP contribution in [-0.4, -0.2) is 52.4 Å². The average molecular weight is 375 g/mol. The van der Waals surface area contributed by atoms with Crippen LogP contribution in [0.2, 0.25) is 0 Å². The molecule has 1 fully saturated rings. The average Bonchev–Trinajstić information content (AvgIpc) is 2.46. The van der Waals surface area contributed by atoms with Crippen LogP contribution in [0.1, 0.15) is 19.8 Å². The molecular weight excluding hydrogens is 354 g/mol. The molecular formula is C14H21N3O5S2. The van der Waals surface area contributed by atoms with Crippen LogP contribution < -0.4 is 10.0 Å². The molecule has 2 rings (SSSR count). The number of rotatable bonds is 5. The van der Waals surface area contributed by atoms with E-state index in [9.17, 15) is 21.6 Å². The largest absolute Gasteiger partial charge is 0.326 e. The predicted molar refractivity (Wildman–Crippen MR) is 90.5 cm³/mol. The highest BCUT2D eigenvalue weighted by Gasteiger charge is 2.30. The molecule has 0 aromatic heterocycles. The summed E-state index contributed by atoms with van der Waals surface area (Å²) in [6, 6.07) is 5.72. The molecule has 0 spiro atoms. The van der Waals surface area contributed by atoms with Crippen LogP contribution in [0.25, 0.3) is 0 Å². The summed E-state index contributed by atoms with van der Waals surface area (Å²) in [7, 11) is -6.93. The van der Waals surface area contributed by atoms with Gasteiger partial charge in [0, 0.05) is 31.7 Å². The summed E-state index contributed by atoms with van der Waals surface area (Å²) in [6.45, 7) is 1.88. The second-order valence-electron chi connectivity index (χ2n) is 5.77. The van der Waals surface area contributed by atoms with Crippen molar-refractivity contribution >= 4 is 31.6 Å². The second kappa shape index (κ2) is 7.18. The maximum absolute atomic E-state index is 12.6. The number of nitrogens with one attached hydrogen (secondary N) is 2. The van der Waals surface area contributed by atoms with E-state index >= 15 is 0 Å². The zero-order chi connectivity index (χ0) is 18.0. The van der Waals surface area contributed by atoms with E-state index in [1.54, 1.807) is 0 Å². The van der Waals surface area contributed by atoms with Crippen LogP contribution in [0.3, 0.4) is 0 Å². The Balaban J connectivity index is 2.05. The lowest BCUT2D eigenvalue weighted by Crippen LogP contribution is -2.46. The summed E-state index contributed by atoms with van der Waals surface area (Å²) in [4.78, 5) is 11.1. The van der Waals surface area contributed by atoms with Gasteiger partial charge in [-0.3, -0.25) is 4.79 Å². The Morgan fingerprint density at radius 3 is 2.08 bits per heavy atom. The van der Waals surface area contributed by atoms with Crippen LogP contribution in [-0.2, 0) is 24.8 Å². The third-order valence-electron chi connectivity index (χ3n) is 3.65. The molecule has 0 unspecified atom stereocenters. The highest BCUT2D eigenvalue weighted by Crippen LogP contribution is 2.22. The summed E-state index contributed by atoms with van der Waals surface area (Å²) < 4.78 is 51.5. The molecule has 1 aromatic rings. The number of hydrogen-bond acceptors (Lipinski definition) is 5. The minimum atomic E-state index is -3.63. The quantitative estimate of drug-likeness (QED) is 0.771. The van der Waals surface area contributed by atoms with Crippen molar-refractivity contribution < 1.29 is 21.6 Å². The van der Waals surface area contributed by atoms with Crippen LogP contribution in [0.5, 0.6) is 0 Å². The van der Waals surface area contributed by atoms with Crippen molar-refractivity contribution in [3.8, 4) is 0 Å². The number of hydrogen-bond donors (Lipinski definition) is 2. The highest BCUT2D eigenvalue weighted by atomic mass is 32.2. The molecule has 0 bridgehead atoms. The van der Waals surface area contributed by atoms with Gasteiger partial charge in [-0.15, -0.1) is 0 Å². The summed E-state index contributed by atoms with van der Waals surface area (Å²) in [6.07, 6.45) is 1.94. The molecule has 0 radical (unpaired) electrons. The van der Waals surface area contributed by atoms with E-state index in [-0.39, 0.29) is 29.9 Å². The first kappa shape index (κ1) is 18.8. The standard InChI is InChI=1S/C14H21N3O5S2/c1-11(18)15-12-3-5-14(6-4-12)24(21,22)17-9-7-13(8-10-17)16-23(2,19)20/h3-6,13,16H,7-10H2,1-2H3,(H,15,18). The van der Waals surface area contributed by atoms with Gasteiger partial charge in [-0.05, 0) is 37.1 Å². The molecule has 10 heteroatoms. The summed E-state index contributed by atoms with van der Waals surface area (Å²) in [5.41, 5.74) is 0.525. The van der Waals surface area contributed by atoms with E-state index in [4.69, 9.17) is 0 Å². The van der Waals surface area contributed by atoms with Gasteiger partial charge in [-0.25, -0.2) is 21.6 Å². The topological polar surface area (TPSA) is 113 Å². The first-order chi connectivity index (χ1) is 11.1. The Morgan fingerprint density at radius 2 is 1.62 bits per heavy atom. The van der Waals surface area contributed by atoms with Crippen LogP contribution in [0.15, 0.2) is 29.2 Å². The molecule has 1 aliphatic heterocycles. The number of carbonyl (C=O) groups excluding carboxylic acids is 1. The Morgan fingerprint density at radius 1 is 1.08 bits per heavy atom. The van der Waals surface area contributed by atoms with Crippen molar-refractivity contribution in [2.45, 2.75) is 30.7 Å². The van der Waals surface area contributed by atoms with Gasteiger partial charge in [0.15, 0.2) is 0 Å². The number of amides is 1. The van der Waals surface area contributed by atoms with E-state index in [1.807, 2.05) is 0 Å². The first-order valence-corrected chi connectivity index (χ1v) is 10.8. The number of piperidine rings is 1. The number of nitrogens with zero attached hydrogens (tertiary/aromatic N) is 1. The number of sulfonamides is 2. The highest BCUT2D eigenvalue weighted by molar-refractivity contribution is 7.89. The van der Waals surface area contributed by atoms with Crippen molar-refractivity contribution in [3.63, 3.8) is 0 Å². The number of benzene rings is 1. The van der Waals surface area contributed by atoms with Crippen molar-refractivity contribution in [1.29, 1.82) is 0 Å². The van der Waals surface area contributed by atoms with Gasteiger partial charge in [-0.1, -0.05) is 0 Å². The number of anilines is 1. The first-order valence-electron chi connectivity index (χ1n) is 7.43. The zero-order valence-electron chi connectivity index (χ0n) is 13.5. The minimum Gasteiger partial charge on any atom is -0.326 e. The molecule has 0 atom stereocenters. The summed E-state index contributed by atoms with van der Waals surface area (Å²) >= 11 is 0. The lowest BCUT2D eigenvalue weighted by molar-refractivity contribution is -0.114. The zero-order valence-corrected chi connectivity index (χ0v) is 15.2. The predicted octanol–water partition coefficient (Wildman–Crippen LogP) is 0.347. The van der Waals surface area contributed by atoms with Gasteiger partial charge < -0.3 is 5.32 Å². The van der Waals surface area contributed by atoms with E-state index in [1.165, 1.54) is 35.5 Å². The fourth-order valence-corrected chi connectivity index (χ4v) is 4.89. The van der Waals surface area contributed by atoms with E-state index in [2.05, 4.69) is 10.0 Å². The van der Waals surface area contributed by atoms with Crippen molar-refractivity contribution in [2.24, 2.45) is 0 Å². The lowest BCUT2D eigenvalue weighted by Gasteiger charge is -2.31. The SMILES string of the molecule is CC(=O)Nc1ccc(S(=O)(=O)N2CCC(NS(C)(=O)=O)CC2)cc1. The molecule has 1 aromatic carbocycles. The Kier molecular flexibility index (Phi) is 5.63. The number of carbonyl (C=O) groups is 1. The van der Waals surface area contributed by atoms with E-state index in [0.29, 0.717) is 18.5 Å². The van der Waals surface area contributed by atoms with Gasteiger partial charge in [0.1, 0.15) is 0 Å². The minimum absolute atomic E-state index is 0.145. The van der Waals surface area contributed by atoms with Gasteiger partial charge >= 0.3 is 0 Å². The molecule has 2 N–H and O–H groups in total. The Labute approximate surface area is 142 Å². The molecule has 1 aliphatic rings. The second-order valence-corrected chi connectivity index (χ2v) is 9.49. The van der Waals surface area contributed by atoms with E-state index < -0.39 is 20.0 Å². The van der Waals surface area contributed by atoms with Gasteiger partial charge in [-0.2, -0.15) is 4.31 Å². The summed E-state index contributed by atoms with van der Waals surface area (Å²) in [5, 5.41) is 2.58. The monoisotopic (exact) mass is 375 g/mol.